The van der Waals surface area contributed by atoms with Crippen LogP contribution in [-0.2, 0) is 40.4 Å². The first-order valence-corrected chi connectivity index (χ1v) is 22.0. The lowest BCUT2D eigenvalue weighted by atomic mass is 9.73. The zero-order valence-electron chi connectivity index (χ0n) is 30.6. The van der Waals surface area contributed by atoms with E-state index in [1.165, 1.54) is 7.11 Å². The van der Waals surface area contributed by atoms with Crippen LogP contribution in [0.4, 0.5) is 0 Å². The number of sulfone groups is 1. The number of methoxy groups -OCH3 is 1. The fourth-order valence-corrected chi connectivity index (χ4v) is 14.2. The molecule has 0 unspecified atom stereocenters. The van der Waals surface area contributed by atoms with Gasteiger partial charge >= 0.3 is 5.97 Å². The summed E-state index contributed by atoms with van der Waals surface area (Å²) < 4.78 is 39.0. The van der Waals surface area contributed by atoms with Gasteiger partial charge in [-0.3, -0.25) is 9.59 Å². The highest BCUT2D eigenvalue weighted by molar-refractivity contribution is 9.09. The molecule has 3 rings (SSSR count). The van der Waals surface area contributed by atoms with E-state index in [0.29, 0.717) is 25.7 Å². The molecule has 0 aromatic heterocycles. The molecule has 2 atom stereocenters. The van der Waals surface area contributed by atoms with E-state index in [4.69, 9.17) is 9.16 Å². The SMILES string of the molecule is COC(=O)[C@@H](C)Cc1cccc([C@@](C)(CCCC(C)(C)CS(=O)(=O)CCO[Si](c2ccccc2)(c2ccccc2)C(C)(C)C)C(=O)CBr)c1. The van der Waals surface area contributed by atoms with Crippen LogP contribution in [0.15, 0.2) is 84.9 Å². The first kappa shape index (κ1) is 40.8. The van der Waals surface area contributed by atoms with Crippen LogP contribution in [-0.4, -0.2) is 59.0 Å². The van der Waals surface area contributed by atoms with E-state index in [0.717, 1.165) is 21.5 Å². The molecule has 0 spiro atoms. The van der Waals surface area contributed by atoms with Crippen LogP contribution < -0.4 is 10.4 Å². The number of ether oxygens (including phenoxy) is 1. The molecule has 0 aliphatic carbocycles. The Kier molecular flexibility index (Phi) is 14.2. The minimum absolute atomic E-state index is 0.0358. The maximum absolute atomic E-state index is 13.6. The van der Waals surface area contributed by atoms with E-state index in [-0.39, 0.29) is 46.2 Å². The molecule has 0 bridgehead atoms. The highest BCUT2D eigenvalue weighted by Crippen LogP contribution is 2.38. The van der Waals surface area contributed by atoms with Gasteiger partial charge in [0.2, 0.25) is 0 Å². The molecule has 0 heterocycles. The molecule has 0 saturated heterocycles. The second-order valence-corrected chi connectivity index (χ2v) is 22.4. The summed E-state index contributed by atoms with van der Waals surface area (Å²) in [5, 5.41) is 2.22. The summed E-state index contributed by atoms with van der Waals surface area (Å²) in [6, 6.07) is 28.4. The lowest BCUT2D eigenvalue weighted by molar-refractivity contribution is -0.144. The highest BCUT2D eigenvalue weighted by atomic mass is 79.9. The van der Waals surface area contributed by atoms with Crippen LogP contribution in [0.3, 0.4) is 0 Å². The van der Waals surface area contributed by atoms with Crippen LogP contribution in [0.25, 0.3) is 0 Å². The summed E-state index contributed by atoms with van der Waals surface area (Å²) in [5.74, 6) is -0.519. The minimum atomic E-state index is -3.45. The average Bonchev–Trinajstić information content (AvgIpc) is 3.05. The van der Waals surface area contributed by atoms with Crippen molar-refractivity contribution < 1.29 is 27.2 Å². The van der Waals surface area contributed by atoms with Gasteiger partial charge in [-0.15, -0.1) is 0 Å². The highest BCUT2D eigenvalue weighted by Gasteiger charge is 2.50. The molecular formula is C40H55BrO6SSi. The Labute approximate surface area is 304 Å². The zero-order valence-corrected chi connectivity index (χ0v) is 34.0. The summed E-state index contributed by atoms with van der Waals surface area (Å²) in [4.78, 5) is 25.4. The molecular weight excluding hydrogens is 716 g/mol. The smallest absolute Gasteiger partial charge is 0.308 e. The van der Waals surface area contributed by atoms with Gasteiger partial charge in [-0.2, -0.15) is 0 Å². The topological polar surface area (TPSA) is 86.7 Å². The maximum atomic E-state index is 13.6. The summed E-state index contributed by atoms with van der Waals surface area (Å²) in [6.07, 6.45) is 2.42. The number of carbonyl (C=O) groups excluding carboxylic acids is 2. The van der Waals surface area contributed by atoms with Crippen LogP contribution in [0.5, 0.6) is 0 Å². The molecule has 49 heavy (non-hydrogen) atoms. The molecule has 0 aliphatic rings. The van der Waals surface area contributed by atoms with E-state index >= 15 is 0 Å². The lowest BCUT2D eigenvalue weighted by Crippen LogP contribution is -2.66. The number of alkyl halides is 1. The third-order valence-corrected chi connectivity index (χ3v) is 17.3. The van der Waals surface area contributed by atoms with Crippen molar-refractivity contribution in [2.45, 2.75) is 84.6 Å². The van der Waals surface area contributed by atoms with Crippen LogP contribution >= 0.6 is 15.9 Å². The Bertz CT molecular complexity index is 1600. The van der Waals surface area contributed by atoms with Gasteiger partial charge in [0.05, 0.1) is 35.3 Å². The number of benzene rings is 3. The van der Waals surface area contributed by atoms with Crippen molar-refractivity contribution in [2.24, 2.45) is 11.3 Å². The van der Waals surface area contributed by atoms with E-state index in [9.17, 15) is 18.0 Å². The molecule has 6 nitrogen and oxygen atoms in total. The van der Waals surface area contributed by atoms with Gasteiger partial charge in [0.1, 0.15) is 0 Å². The van der Waals surface area contributed by atoms with Crippen molar-refractivity contribution in [1.29, 1.82) is 0 Å². The van der Waals surface area contributed by atoms with Crippen molar-refractivity contribution in [3.05, 3.63) is 96.1 Å². The second-order valence-electron chi connectivity index (χ2n) is 15.3. The van der Waals surface area contributed by atoms with E-state index in [2.05, 4.69) is 61.0 Å². The molecule has 0 aliphatic heterocycles. The Hall–Kier alpha value is -2.59. The predicted octanol–water partition coefficient (Wildman–Crippen LogP) is 7.45. The summed E-state index contributed by atoms with van der Waals surface area (Å²) in [5.41, 5.74) is 0.618. The molecule has 268 valence electrons. The Morgan fingerprint density at radius 1 is 0.837 bits per heavy atom. The van der Waals surface area contributed by atoms with Gasteiger partial charge in [0.15, 0.2) is 15.6 Å². The summed E-state index contributed by atoms with van der Waals surface area (Å²) >= 11 is 3.39. The quantitative estimate of drug-likeness (QED) is 0.0760. The Morgan fingerprint density at radius 2 is 1.41 bits per heavy atom. The zero-order chi connectivity index (χ0) is 36.5. The molecule has 0 radical (unpaired) electrons. The largest absolute Gasteiger partial charge is 0.469 e. The number of ketones is 1. The van der Waals surface area contributed by atoms with Crippen LogP contribution in [0, 0.1) is 11.3 Å². The van der Waals surface area contributed by atoms with E-state index in [1.54, 1.807) is 0 Å². The predicted molar refractivity (Wildman–Crippen MR) is 207 cm³/mol. The molecule has 3 aromatic rings. The first-order chi connectivity index (χ1) is 22.9. The lowest BCUT2D eigenvalue weighted by Gasteiger charge is -2.43. The van der Waals surface area contributed by atoms with Crippen molar-refractivity contribution in [1.82, 2.24) is 0 Å². The van der Waals surface area contributed by atoms with Gasteiger partial charge in [-0.1, -0.05) is 149 Å². The molecule has 0 amide bonds. The number of hydrogen-bond acceptors (Lipinski definition) is 6. The number of halogens is 1. The van der Waals surface area contributed by atoms with E-state index < -0.39 is 29.0 Å². The van der Waals surface area contributed by atoms with Gasteiger partial charge < -0.3 is 9.16 Å². The normalized spacial score (nSPS) is 14.6. The van der Waals surface area contributed by atoms with Gasteiger partial charge in [-0.25, -0.2) is 8.42 Å². The number of hydrogen-bond donors (Lipinski definition) is 0. The average molecular weight is 772 g/mol. The third kappa shape index (κ3) is 10.5. The fourth-order valence-electron chi connectivity index (χ4n) is 7.02. The van der Waals surface area contributed by atoms with Crippen molar-refractivity contribution in [3.8, 4) is 0 Å². The summed E-state index contributed by atoms with van der Waals surface area (Å²) in [6.45, 7) is 14.5. The number of rotatable bonds is 18. The molecule has 0 saturated carbocycles. The van der Waals surface area contributed by atoms with Crippen molar-refractivity contribution in [2.75, 3.05) is 30.6 Å². The molecule has 9 heteroatoms. The van der Waals surface area contributed by atoms with Gasteiger partial charge in [0.25, 0.3) is 8.32 Å². The first-order valence-electron chi connectivity index (χ1n) is 17.1. The number of Topliss-reactive ketones (excluding diaryl/α,β-unsaturated/α-hetero) is 1. The summed E-state index contributed by atoms with van der Waals surface area (Å²) in [7, 11) is -4.91. The van der Waals surface area contributed by atoms with Crippen LogP contribution in [0.2, 0.25) is 5.04 Å². The third-order valence-electron chi connectivity index (χ3n) is 9.72. The van der Waals surface area contributed by atoms with Gasteiger partial charge in [0, 0.05) is 6.61 Å². The maximum Gasteiger partial charge on any atom is 0.308 e. The standard InChI is InChI=1S/C40H55BrO6SSi/c1-31(37(43)46-8)27-32-17-15-18-33(28-32)40(7,36(42)29-41)24-16-23-39(5,6)30-48(44,45)26-25-47-49(38(2,3)4,34-19-11-9-12-20-34)35-21-13-10-14-22-35/h9-15,17-22,28,31H,16,23-27,29-30H2,1-8H3/t31-,40+/m0/s1. The van der Waals surface area contributed by atoms with Gasteiger partial charge in [-0.05, 0) is 58.1 Å². The van der Waals surface area contributed by atoms with Crippen molar-refractivity contribution >= 4 is 56.2 Å². The molecule has 3 aromatic carbocycles. The van der Waals surface area contributed by atoms with E-state index in [1.807, 2.05) is 88.4 Å². The number of esters is 1. The molecule has 0 N–H and O–H groups in total. The minimum Gasteiger partial charge on any atom is -0.469 e. The van der Waals surface area contributed by atoms with Crippen molar-refractivity contribution in [3.63, 3.8) is 0 Å². The number of carbonyl (C=O) groups is 2. The Morgan fingerprint density at radius 3 is 1.92 bits per heavy atom. The fraction of sp³-hybridized carbons (Fsp3) is 0.500. The van der Waals surface area contributed by atoms with Crippen LogP contribution in [0.1, 0.15) is 78.9 Å². The Balaban J connectivity index is 1.72. The molecule has 0 fully saturated rings. The second kappa shape index (κ2) is 17.1. The monoisotopic (exact) mass is 770 g/mol.